The van der Waals surface area contributed by atoms with E-state index in [1.54, 1.807) is 7.11 Å². The monoisotopic (exact) mass is 709 g/mol. The van der Waals surface area contributed by atoms with Gasteiger partial charge >= 0.3 is 0 Å². The van der Waals surface area contributed by atoms with Crippen LogP contribution in [0.1, 0.15) is 55.1 Å². The van der Waals surface area contributed by atoms with Crippen molar-refractivity contribution in [1.82, 2.24) is 20.4 Å². The van der Waals surface area contributed by atoms with Crippen molar-refractivity contribution in [3.05, 3.63) is 83.4 Å². The number of morpholine rings is 1. The van der Waals surface area contributed by atoms with Crippen molar-refractivity contribution >= 4 is 17.5 Å². The third-order valence-corrected chi connectivity index (χ3v) is 12.2. The number of carbonyl (C=O) groups is 2. The number of hydrogen-bond donors (Lipinski definition) is 2. The molecule has 4 aliphatic rings. The second kappa shape index (κ2) is 16.0. The average Bonchev–Trinajstić information content (AvgIpc) is 3.12. The number of hydrogen-bond acceptors (Lipinski definition) is 7. The van der Waals surface area contributed by atoms with Crippen LogP contribution in [-0.2, 0) is 22.5 Å². The van der Waals surface area contributed by atoms with E-state index in [9.17, 15) is 9.59 Å². The van der Waals surface area contributed by atoms with Gasteiger partial charge in [0.15, 0.2) is 0 Å². The Hall–Kier alpha value is -3.92. The molecule has 0 aromatic heterocycles. The minimum Gasteiger partial charge on any atom is -0.496 e. The van der Waals surface area contributed by atoms with Crippen molar-refractivity contribution in [1.29, 1.82) is 0 Å². The molecule has 3 aromatic rings. The van der Waals surface area contributed by atoms with E-state index >= 15 is 0 Å². The molecule has 2 N–H and O–H groups in total. The van der Waals surface area contributed by atoms with E-state index in [-0.39, 0.29) is 29.9 Å². The second-order valence-electron chi connectivity index (χ2n) is 16.4. The number of fused-ring (bicyclic) bond motifs is 2. The first-order chi connectivity index (χ1) is 24.8. The lowest BCUT2D eigenvalue weighted by molar-refractivity contribution is -0.142. The number of likely N-dealkylation sites (N-methyl/N-ethyl adjacent to an activating group) is 1. The van der Waals surface area contributed by atoms with Crippen molar-refractivity contribution in [3.63, 3.8) is 0 Å². The third-order valence-electron chi connectivity index (χ3n) is 12.2. The lowest BCUT2D eigenvalue weighted by Gasteiger charge is -2.62. The summed E-state index contributed by atoms with van der Waals surface area (Å²) in [5.74, 6) is 2.49. The van der Waals surface area contributed by atoms with Gasteiger partial charge in [0, 0.05) is 68.2 Å². The van der Waals surface area contributed by atoms with Crippen molar-refractivity contribution in [2.45, 2.75) is 64.7 Å². The molecule has 2 amide bonds. The van der Waals surface area contributed by atoms with Crippen LogP contribution in [0.3, 0.4) is 0 Å². The van der Waals surface area contributed by atoms with Crippen LogP contribution in [0.4, 0.5) is 5.69 Å². The Bertz CT molecular complexity index is 1710. The van der Waals surface area contributed by atoms with Gasteiger partial charge in [0.1, 0.15) is 11.8 Å². The summed E-state index contributed by atoms with van der Waals surface area (Å²) in [5, 5.41) is 6.77. The molecule has 3 saturated carbocycles. The number of para-hydroxylation sites is 1. The normalized spacial score (nSPS) is 24.4. The summed E-state index contributed by atoms with van der Waals surface area (Å²) in [4.78, 5) is 34.2. The Morgan fingerprint density at radius 3 is 2.46 bits per heavy atom. The highest BCUT2D eigenvalue weighted by atomic mass is 16.5. The molecule has 280 valence electrons. The quantitative estimate of drug-likeness (QED) is 0.235. The van der Waals surface area contributed by atoms with Gasteiger partial charge < -0.3 is 29.9 Å². The van der Waals surface area contributed by atoms with E-state index in [2.05, 4.69) is 65.5 Å². The topological polar surface area (TPSA) is 86.4 Å². The Kier molecular flexibility index (Phi) is 11.6. The highest BCUT2D eigenvalue weighted by molar-refractivity contribution is 5.97. The van der Waals surface area contributed by atoms with Gasteiger partial charge in [-0.2, -0.15) is 0 Å². The van der Waals surface area contributed by atoms with Gasteiger partial charge in [0.2, 0.25) is 5.91 Å². The number of nitrogens with zero attached hydrogens (tertiary/aromatic N) is 3. The molecule has 6 atom stereocenters. The zero-order valence-corrected chi connectivity index (χ0v) is 32.4. The molecule has 7 rings (SSSR count). The third kappa shape index (κ3) is 8.17. The van der Waals surface area contributed by atoms with Gasteiger partial charge in [0.05, 0.1) is 20.3 Å². The van der Waals surface area contributed by atoms with Gasteiger partial charge in [-0.25, -0.2) is 0 Å². The maximum Gasteiger partial charge on any atom is 0.251 e. The minimum absolute atomic E-state index is 0.0555. The molecule has 9 nitrogen and oxygen atoms in total. The molecular weight excluding hydrogens is 651 g/mol. The summed E-state index contributed by atoms with van der Waals surface area (Å²) in [6.45, 7) is 9.95. The first-order valence-electron chi connectivity index (χ1n) is 19.0. The average molecular weight is 710 g/mol. The minimum atomic E-state index is -0.376. The summed E-state index contributed by atoms with van der Waals surface area (Å²) in [5.41, 5.74) is 5.85. The van der Waals surface area contributed by atoms with E-state index in [4.69, 9.17) is 9.47 Å². The molecule has 4 fully saturated rings. The summed E-state index contributed by atoms with van der Waals surface area (Å²) in [6.07, 6.45) is 3.07. The molecule has 1 saturated heterocycles. The number of carbonyl (C=O) groups excluding carboxylic acids is 2. The van der Waals surface area contributed by atoms with Gasteiger partial charge in [0.25, 0.3) is 5.91 Å². The van der Waals surface area contributed by atoms with Crippen molar-refractivity contribution < 1.29 is 19.1 Å². The number of benzene rings is 3. The van der Waals surface area contributed by atoms with Gasteiger partial charge in [-0.05, 0) is 85.9 Å². The van der Waals surface area contributed by atoms with Crippen LogP contribution in [0, 0.1) is 23.2 Å². The Labute approximate surface area is 311 Å². The summed E-state index contributed by atoms with van der Waals surface area (Å²) >= 11 is 0. The van der Waals surface area contributed by atoms with E-state index in [0.29, 0.717) is 55.0 Å². The summed E-state index contributed by atoms with van der Waals surface area (Å²) < 4.78 is 12.0. The van der Waals surface area contributed by atoms with Crippen LogP contribution < -0.4 is 20.3 Å². The smallest absolute Gasteiger partial charge is 0.251 e. The molecule has 2 bridgehead atoms. The predicted molar refractivity (Wildman–Crippen MR) is 209 cm³/mol. The molecule has 52 heavy (non-hydrogen) atoms. The molecule has 0 unspecified atom stereocenters. The molecule has 1 heterocycles. The van der Waals surface area contributed by atoms with Gasteiger partial charge in [-0.3, -0.25) is 14.5 Å². The van der Waals surface area contributed by atoms with Crippen LogP contribution in [0.5, 0.6) is 5.75 Å². The van der Waals surface area contributed by atoms with E-state index in [0.717, 1.165) is 47.5 Å². The zero-order valence-electron chi connectivity index (χ0n) is 32.4. The number of ether oxygens (including phenoxy) is 2. The molecule has 9 heteroatoms. The Morgan fingerprint density at radius 1 is 1.02 bits per heavy atom. The van der Waals surface area contributed by atoms with Crippen LogP contribution in [0.15, 0.2) is 66.7 Å². The molecule has 0 spiro atoms. The largest absolute Gasteiger partial charge is 0.496 e. The molecule has 3 aromatic carbocycles. The van der Waals surface area contributed by atoms with Crippen molar-refractivity contribution in [2.75, 3.05) is 66.5 Å². The Balaban J connectivity index is 1.22. The zero-order chi connectivity index (χ0) is 37.2. The number of anilines is 1. The number of nitrogens with one attached hydrogen (secondary N) is 2. The first kappa shape index (κ1) is 37.8. The van der Waals surface area contributed by atoms with E-state index in [1.807, 2.05) is 75.6 Å². The van der Waals surface area contributed by atoms with Gasteiger partial charge in [-0.1, -0.05) is 69.3 Å². The van der Waals surface area contributed by atoms with Crippen LogP contribution >= 0.6 is 0 Å². The lowest BCUT2D eigenvalue weighted by Crippen LogP contribution is -2.63. The first-order valence-corrected chi connectivity index (χ1v) is 19.0. The van der Waals surface area contributed by atoms with Gasteiger partial charge in [-0.15, -0.1) is 0 Å². The van der Waals surface area contributed by atoms with Crippen molar-refractivity contribution in [2.24, 2.45) is 23.2 Å². The summed E-state index contributed by atoms with van der Waals surface area (Å²) in [7, 11) is 9.72. The van der Waals surface area contributed by atoms with Crippen molar-refractivity contribution in [3.8, 4) is 16.9 Å². The van der Waals surface area contributed by atoms with E-state index in [1.165, 1.54) is 12.0 Å². The van der Waals surface area contributed by atoms with E-state index < -0.39 is 0 Å². The fourth-order valence-electron chi connectivity index (χ4n) is 9.01. The maximum absolute atomic E-state index is 13.9. The SMILES string of the molecule is COc1c(CN2CCOC[C@H]2C(=O)N[C@H]2C[C@@H]3C[C@H]([C@@H]2C)C3(C)C)cccc1-c1cc(C(=O)N[C@@H](Cc2ccccc2)CN(C)C)cc(N(C)C)c1. The Morgan fingerprint density at radius 2 is 1.79 bits per heavy atom. The number of methoxy groups -OCH3 is 1. The number of rotatable bonds is 13. The molecule has 3 aliphatic carbocycles. The maximum atomic E-state index is 13.9. The van der Waals surface area contributed by atoms with Crippen LogP contribution in [-0.4, -0.2) is 101 Å². The summed E-state index contributed by atoms with van der Waals surface area (Å²) in [6, 6.07) is 22.2. The standard InChI is InChI=1S/C43H59N5O4/c1-28-37-23-33(43(37,2)3)24-38(28)45-42(50)39-27-52-18-17-48(39)25-30-15-12-16-36(40(30)51-8)31-20-32(22-35(21-31)47(6)7)41(49)44-34(26-46(4)5)19-29-13-10-9-11-14-29/h9-16,20-22,28,33-34,37-39H,17-19,23-27H2,1-8H3,(H,44,49)(H,45,50)/t28-,33-,34-,37+,38-,39-/m0/s1. The lowest BCUT2D eigenvalue weighted by atomic mass is 9.45. The highest BCUT2D eigenvalue weighted by Gasteiger charge is 2.56. The number of amides is 2. The second-order valence-corrected chi connectivity index (χ2v) is 16.4. The fourth-order valence-corrected chi connectivity index (χ4v) is 9.01. The fraction of sp³-hybridized carbons (Fsp3) is 0.535. The highest BCUT2D eigenvalue weighted by Crippen LogP contribution is 2.61. The molecule has 1 aliphatic heterocycles. The molecule has 0 radical (unpaired) electrons. The van der Waals surface area contributed by atoms with Crippen LogP contribution in [0.2, 0.25) is 0 Å². The van der Waals surface area contributed by atoms with Crippen LogP contribution in [0.25, 0.3) is 11.1 Å². The predicted octanol–water partition coefficient (Wildman–Crippen LogP) is 5.72. The molecular formula is C43H59N5O4.